The van der Waals surface area contributed by atoms with E-state index in [1.54, 1.807) is 0 Å². The molecule has 1 fully saturated rings. The molecular weight excluding hydrogens is 258 g/mol. The summed E-state index contributed by atoms with van der Waals surface area (Å²) in [4.78, 5) is 19.7. The number of aliphatic hydroxyl groups is 1. The van der Waals surface area contributed by atoms with Crippen LogP contribution in [0, 0.1) is 12.8 Å². The van der Waals surface area contributed by atoms with E-state index in [4.69, 9.17) is 5.11 Å². The molecule has 3 unspecified atom stereocenters. The van der Waals surface area contributed by atoms with Crippen molar-refractivity contribution in [3.8, 4) is 0 Å². The van der Waals surface area contributed by atoms with Crippen LogP contribution in [0.4, 0.5) is 5.95 Å². The van der Waals surface area contributed by atoms with Gasteiger partial charge in [0.15, 0.2) is 0 Å². The lowest BCUT2D eigenvalue weighted by atomic mass is 10.1. The molecule has 1 aliphatic rings. The number of aromatic nitrogens is 2. The lowest BCUT2D eigenvalue weighted by molar-refractivity contribution is -0.141. The highest BCUT2D eigenvalue weighted by atomic mass is 16.4. The second kappa shape index (κ2) is 5.75. The molecule has 3 atom stereocenters. The molecule has 0 saturated heterocycles. The van der Waals surface area contributed by atoms with Crippen molar-refractivity contribution in [1.29, 1.82) is 0 Å². The van der Waals surface area contributed by atoms with E-state index < -0.39 is 18.0 Å². The fourth-order valence-electron chi connectivity index (χ4n) is 2.49. The number of carbonyl (C=O) groups is 1. The Morgan fingerprint density at radius 1 is 1.40 bits per heavy atom. The zero-order valence-electron chi connectivity index (χ0n) is 12.0. The molecule has 6 heteroatoms. The number of hydrogen-bond donors (Lipinski definition) is 3. The number of nitrogens with one attached hydrogen (secondary N) is 1. The largest absolute Gasteiger partial charge is 0.481 e. The van der Waals surface area contributed by atoms with Crippen molar-refractivity contribution in [3.63, 3.8) is 0 Å². The maximum absolute atomic E-state index is 11.0. The normalized spacial score (nSPS) is 25.9. The quantitative estimate of drug-likeness (QED) is 0.774. The van der Waals surface area contributed by atoms with E-state index in [1.807, 2.05) is 13.0 Å². The summed E-state index contributed by atoms with van der Waals surface area (Å²) in [7, 11) is 0. The van der Waals surface area contributed by atoms with E-state index in [0.717, 1.165) is 11.4 Å². The highest BCUT2D eigenvalue weighted by molar-refractivity contribution is 5.70. The summed E-state index contributed by atoms with van der Waals surface area (Å²) in [5.41, 5.74) is 1.79. The summed E-state index contributed by atoms with van der Waals surface area (Å²) in [5, 5.41) is 22.0. The number of rotatable bonds is 4. The molecule has 2 rings (SSSR count). The molecule has 1 heterocycles. The van der Waals surface area contributed by atoms with Crippen molar-refractivity contribution in [2.45, 2.75) is 51.7 Å². The van der Waals surface area contributed by atoms with Crippen LogP contribution in [0.25, 0.3) is 0 Å². The standard InChI is InChI=1S/C14H21N3O3/c1-7(2)10-4-8(3)15-14(16-10)17-11-5-9(13(19)20)6-12(11)18/h4,7,9,11-12,18H,5-6H2,1-3H3,(H,19,20)(H,15,16,17). The van der Waals surface area contributed by atoms with Gasteiger partial charge in [0.25, 0.3) is 0 Å². The van der Waals surface area contributed by atoms with Crippen molar-refractivity contribution in [1.82, 2.24) is 9.97 Å². The molecular formula is C14H21N3O3. The number of anilines is 1. The van der Waals surface area contributed by atoms with Gasteiger partial charge < -0.3 is 15.5 Å². The van der Waals surface area contributed by atoms with Crippen LogP contribution >= 0.6 is 0 Å². The summed E-state index contributed by atoms with van der Waals surface area (Å²) >= 11 is 0. The van der Waals surface area contributed by atoms with E-state index in [2.05, 4.69) is 29.1 Å². The molecule has 1 aromatic heterocycles. The molecule has 6 nitrogen and oxygen atoms in total. The zero-order chi connectivity index (χ0) is 14.9. The predicted octanol–water partition coefficient (Wildman–Crippen LogP) is 1.54. The Labute approximate surface area is 118 Å². The van der Waals surface area contributed by atoms with Crippen LogP contribution in [0.15, 0.2) is 6.07 Å². The number of hydrogen-bond acceptors (Lipinski definition) is 5. The monoisotopic (exact) mass is 279 g/mol. The van der Waals surface area contributed by atoms with E-state index >= 15 is 0 Å². The molecule has 0 spiro atoms. The smallest absolute Gasteiger partial charge is 0.306 e. The minimum atomic E-state index is -0.860. The van der Waals surface area contributed by atoms with Crippen molar-refractivity contribution in [2.75, 3.05) is 5.32 Å². The van der Waals surface area contributed by atoms with Gasteiger partial charge in [-0.05, 0) is 31.7 Å². The first-order valence-corrected chi connectivity index (χ1v) is 6.89. The third kappa shape index (κ3) is 3.25. The van der Waals surface area contributed by atoms with E-state index in [-0.39, 0.29) is 18.4 Å². The predicted molar refractivity (Wildman–Crippen MR) is 74.6 cm³/mol. The average molecular weight is 279 g/mol. The summed E-state index contributed by atoms with van der Waals surface area (Å²) in [6.07, 6.45) is -0.0107. The fourth-order valence-corrected chi connectivity index (χ4v) is 2.49. The molecule has 0 aromatic carbocycles. The van der Waals surface area contributed by atoms with Crippen LogP contribution in [0.3, 0.4) is 0 Å². The third-order valence-corrected chi connectivity index (χ3v) is 3.66. The Kier molecular flexibility index (Phi) is 4.23. The molecule has 20 heavy (non-hydrogen) atoms. The summed E-state index contributed by atoms with van der Waals surface area (Å²) in [6, 6.07) is 1.62. The molecule has 1 aromatic rings. The van der Waals surface area contributed by atoms with Gasteiger partial charge in [0.05, 0.1) is 18.1 Å². The highest BCUT2D eigenvalue weighted by Crippen LogP contribution is 2.28. The fraction of sp³-hybridized carbons (Fsp3) is 0.643. The summed E-state index contributed by atoms with van der Waals surface area (Å²) in [5.74, 6) is -0.612. The second-order valence-electron chi connectivity index (χ2n) is 5.74. The maximum atomic E-state index is 11.0. The van der Waals surface area contributed by atoms with Crippen LogP contribution < -0.4 is 5.32 Å². The Morgan fingerprint density at radius 2 is 2.10 bits per heavy atom. The lowest BCUT2D eigenvalue weighted by Crippen LogP contribution is -2.29. The van der Waals surface area contributed by atoms with Crippen molar-refractivity contribution in [2.24, 2.45) is 5.92 Å². The zero-order valence-corrected chi connectivity index (χ0v) is 12.0. The van der Waals surface area contributed by atoms with Gasteiger partial charge in [-0.3, -0.25) is 4.79 Å². The van der Waals surface area contributed by atoms with Gasteiger partial charge in [-0.15, -0.1) is 0 Å². The first-order valence-electron chi connectivity index (χ1n) is 6.89. The average Bonchev–Trinajstić information content (AvgIpc) is 2.70. The molecule has 3 N–H and O–H groups in total. The lowest BCUT2D eigenvalue weighted by Gasteiger charge is -2.17. The molecule has 0 bridgehead atoms. The van der Waals surface area contributed by atoms with Crippen LogP contribution in [0.1, 0.15) is 44.0 Å². The SMILES string of the molecule is Cc1cc(C(C)C)nc(NC2CC(C(=O)O)CC2O)n1. The number of nitrogens with zero attached hydrogens (tertiary/aromatic N) is 2. The van der Waals surface area contributed by atoms with Gasteiger partial charge in [-0.25, -0.2) is 9.97 Å². The van der Waals surface area contributed by atoms with Crippen molar-refractivity contribution in [3.05, 3.63) is 17.5 Å². The molecule has 0 aliphatic heterocycles. The summed E-state index contributed by atoms with van der Waals surface area (Å²) < 4.78 is 0. The number of aliphatic hydroxyl groups excluding tert-OH is 1. The van der Waals surface area contributed by atoms with Crippen LogP contribution in [0.2, 0.25) is 0 Å². The van der Waals surface area contributed by atoms with Crippen LogP contribution in [-0.4, -0.2) is 38.3 Å². The highest BCUT2D eigenvalue weighted by Gasteiger charge is 2.37. The first kappa shape index (κ1) is 14.7. The van der Waals surface area contributed by atoms with Crippen molar-refractivity contribution >= 4 is 11.9 Å². The van der Waals surface area contributed by atoms with Gasteiger partial charge in [0, 0.05) is 11.4 Å². The number of aliphatic carboxylic acids is 1. The molecule has 110 valence electrons. The number of carboxylic acids is 1. The van der Waals surface area contributed by atoms with Gasteiger partial charge in [0.2, 0.25) is 5.95 Å². The first-order chi connectivity index (χ1) is 9.36. The maximum Gasteiger partial charge on any atom is 0.306 e. The molecule has 1 aliphatic carbocycles. The van der Waals surface area contributed by atoms with Gasteiger partial charge in [0.1, 0.15) is 0 Å². The second-order valence-corrected chi connectivity index (χ2v) is 5.74. The number of carboxylic acid groups (broad SMARTS) is 1. The van der Waals surface area contributed by atoms with Gasteiger partial charge >= 0.3 is 5.97 Å². The van der Waals surface area contributed by atoms with Gasteiger partial charge in [-0.1, -0.05) is 13.8 Å². The topological polar surface area (TPSA) is 95.3 Å². The molecule has 1 saturated carbocycles. The van der Waals surface area contributed by atoms with E-state index in [0.29, 0.717) is 12.4 Å². The van der Waals surface area contributed by atoms with Crippen LogP contribution in [0.5, 0.6) is 0 Å². The van der Waals surface area contributed by atoms with E-state index in [9.17, 15) is 9.90 Å². The Bertz CT molecular complexity index is 504. The Hall–Kier alpha value is -1.69. The molecule has 0 amide bonds. The van der Waals surface area contributed by atoms with Gasteiger partial charge in [-0.2, -0.15) is 0 Å². The van der Waals surface area contributed by atoms with E-state index in [1.165, 1.54) is 0 Å². The molecule has 0 radical (unpaired) electrons. The number of aryl methyl sites for hydroxylation is 1. The van der Waals surface area contributed by atoms with Crippen molar-refractivity contribution < 1.29 is 15.0 Å². The minimum Gasteiger partial charge on any atom is -0.481 e. The minimum absolute atomic E-state index is 0.274. The van der Waals surface area contributed by atoms with Crippen LogP contribution in [-0.2, 0) is 4.79 Å². The Balaban J connectivity index is 2.12. The third-order valence-electron chi connectivity index (χ3n) is 3.66. The summed E-state index contributed by atoms with van der Waals surface area (Å²) in [6.45, 7) is 6.00. The Morgan fingerprint density at radius 3 is 2.65 bits per heavy atom.